The number of rotatable bonds is 2. The van der Waals surface area contributed by atoms with Gasteiger partial charge in [-0.15, -0.1) is 11.3 Å². The molecule has 7 rings (SSSR count). The third-order valence-corrected chi connectivity index (χ3v) is 7.69. The van der Waals surface area contributed by atoms with Gasteiger partial charge in [0.2, 0.25) is 5.96 Å². The van der Waals surface area contributed by atoms with E-state index in [0.717, 1.165) is 35.0 Å². The zero-order valence-corrected chi connectivity index (χ0v) is 16.2. The minimum Gasteiger partial charge on any atom is -0.390 e. The van der Waals surface area contributed by atoms with Crippen LogP contribution in [-0.4, -0.2) is 33.6 Å². The van der Waals surface area contributed by atoms with Crippen molar-refractivity contribution in [3.8, 4) is 0 Å². The molecule has 6 nitrogen and oxygen atoms in total. The molecule has 1 aromatic heterocycles. The van der Waals surface area contributed by atoms with Crippen molar-refractivity contribution in [1.82, 2.24) is 15.6 Å². The van der Waals surface area contributed by atoms with Crippen molar-refractivity contribution in [2.45, 2.75) is 43.7 Å². The number of nitrogens with one attached hydrogen (secondary N) is 2. The van der Waals surface area contributed by atoms with Crippen LogP contribution in [0.5, 0.6) is 0 Å². The first-order valence-corrected chi connectivity index (χ1v) is 10.9. The molecule has 4 fully saturated rings. The summed E-state index contributed by atoms with van der Waals surface area (Å²) in [6.45, 7) is 0. The number of thiazole rings is 1. The van der Waals surface area contributed by atoms with E-state index in [1.165, 1.54) is 12.8 Å². The molecule has 28 heavy (non-hydrogen) atoms. The molecular weight excluding hydrogens is 372 g/mol. The summed E-state index contributed by atoms with van der Waals surface area (Å²) in [6, 6.07) is 6.26. The standard InChI is InChI=1S/C21H22N4O2S/c26-19-16(5-11-1-2-15-17(6-11)28-10-22-15)23-20(25-19)24-18-13-3-12-4-14(18)9-21(27,7-12)8-13/h1-2,5-6,10,12-14,18,27H,3-4,7-9H2,(H2,23,24,25,26)/b16-5-. The molecule has 0 radical (unpaired) electrons. The molecule has 3 N–H and O–H groups in total. The van der Waals surface area contributed by atoms with Gasteiger partial charge in [-0.05, 0) is 73.6 Å². The lowest BCUT2D eigenvalue weighted by molar-refractivity contribution is -0.136. The SMILES string of the molecule is O=C1NC(NC2C3CC4CC2CC(O)(C4)C3)=N/C1=C\c1ccc2ncsc2c1. The van der Waals surface area contributed by atoms with Crippen molar-refractivity contribution in [2.24, 2.45) is 22.7 Å². The number of nitrogens with zero attached hydrogens (tertiary/aromatic N) is 2. The van der Waals surface area contributed by atoms with Crippen molar-refractivity contribution >= 4 is 39.5 Å². The van der Waals surface area contributed by atoms with Crippen molar-refractivity contribution in [2.75, 3.05) is 0 Å². The molecule has 2 aromatic rings. The van der Waals surface area contributed by atoms with E-state index in [4.69, 9.17) is 0 Å². The fourth-order valence-corrected chi connectivity index (χ4v) is 6.76. The van der Waals surface area contributed by atoms with Crippen LogP contribution in [0.15, 0.2) is 34.4 Å². The van der Waals surface area contributed by atoms with Crippen LogP contribution in [-0.2, 0) is 4.79 Å². The van der Waals surface area contributed by atoms with Gasteiger partial charge in [-0.3, -0.25) is 10.1 Å². The lowest BCUT2D eigenvalue weighted by atomic mass is 9.52. The van der Waals surface area contributed by atoms with E-state index >= 15 is 0 Å². The quantitative estimate of drug-likeness (QED) is 0.684. The van der Waals surface area contributed by atoms with Crippen molar-refractivity contribution < 1.29 is 9.90 Å². The van der Waals surface area contributed by atoms with Crippen LogP contribution in [0.4, 0.5) is 0 Å². The molecule has 2 atom stereocenters. The van der Waals surface area contributed by atoms with Crippen LogP contribution < -0.4 is 10.6 Å². The molecule has 4 aliphatic carbocycles. The minimum atomic E-state index is -0.449. The highest BCUT2D eigenvalue weighted by atomic mass is 32.1. The van der Waals surface area contributed by atoms with E-state index in [0.29, 0.717) is 35.5 Å². The third-order valence-electron chi connectivity index (χ3n) is 6.90. The molecule has 1 amide bonds. The summed E-state index contributed by atoms with van der Waals surface area (Å²) in [5.74, 6) is 1.99. The van der Waals surface area contributed by atoms with Gasteiger partial charge in [0.05, 0.1) is 21.3 Å². The third kappa shape index (κ3) is 2.68. The number of carbonyl (C=O) groups is 1. The van der Waals surface area contributed by atoms with Gasteiger partial charge in [-0.25, -0.2) is 9.98 Å². The Kier molecular flexibility index (Phi) is 3.50. The Balaban J connectivity index is 1.23. The summed E-state index contributed by atoms with van der Waals surface area (Å²) in [4.78, 5) is 21.2. The number of guanidine groups is 1. The maximum Gasteiger partial charge on any atom is 0.276 e. The van der Waals surface area contributed by atoms with E-state index in [1.54, 1.807) is 11.3 Å². The summed E-state index contributed by atoms with van der Waals surface area (Å²) in [7, 11) is 0. The first-order valence-electron chi connectivity index (χ1n) is 9.99. The fraction of sp³-hybridized carbons (Fsp3) is 0.476. The Bertz CT molecular complexity index is 1030. The molecule has 2 heterocycles. The second-order valence-electron chi connectivity index (χ2n) is 8.89. The maximum absolute atomic E-state index is 12.4. The van der Waals surface area contributed by atoms with E-state index < -0.39 is 5.60 Å². The van der Waals surface area contributed by atoms with Gasteiger partial charge in [0, 0.05) is 6.04 Å². The lowest BCUT2D eigenvalue weighted by Gasteiger charge is -2.58. The molecular formula is C21H22N4O2S. The molecule has 144 valence electrons. The highest BCUT2D eigenvalue weighted by molar-refractivity contribution is 7.16. The molecule has 5 aliphatic rings. The van der Waals surface area contributed by atoms with Crippen LogP contribution in [0.2, 0.25) is 0 Å². The van der Waals surface area contributed by atoms with Gasteiger partial charge in [-0.2, -0.15) is 0 Å². The molecule has 1 aromatic carbocycles. The van der Waals surface area contributed by atoms with Crippen LogP contribution in [0.3, 0.4) is 0 Å². The topological polar surface area (TPSA) is 86.6 Å². The summed E-state index contributed by atoms with van der Waals surface area (Å²) in [6.07, 6.45) is 6.89. The molecule has 4 saturated carbocycles. The lowest BCUT2D eigenvalue weighted by Crippen LogP contribution is -2.62. The van der Waals surface area contributed by atoms with Gasteiger partial charge in [-0.1, -0.05) is 6.07 Å². The molecule has 4 bridgehead atoms. The van der Waals surface area contributed by atoms with E-state index in [2.05, 4.69) is 20.6 Å². The predicted molar refractivity (Wildman–Crippen MR) is 109 cm³/mol. The van der Waals surface area contributed by atoms with Gasteiger partial charge in [0.25, 0.3) is 5.91 Å². The zero-order chi connectivity index (χ0) is 18.9. The normalized spacial score (nSPS) is 37.5. The summed E-state index contributed by atoms with van der Waals surface area (Å²) in [5.41, 5.74) is 3.72. The number of benzene rings is 1. The number of fused-ring (bicyclic) bond motifs is 1. The van der Waals surface area contributed by atoms with E-state index in [-0.39, 0.29) is 5.91 Å². The van der Waals surface area contributed by atoms with Gasteiger partial charge in [0.1, 0.15) is 5.70 Å². The fourth-order valence-electron chi connectivity index (χ4n) is 6.03. The second kappa shape index (κ2) is 5.87. The Hall–Kier alpha value is -2.25. The first kappa shape index (κ1) is 16.7. The van der Waals surface area contributed by atoms with Crippen LogP contribution in [0, 0.1) is 17.8 Å². The Morgan fingerprint density at radius 3 is 2.86 bits per heavy atom. The number of amides is 1. The van der Waals surface area contributed by atoms with Gasteiger partial charge in [0.15, 0.2) is 0 Å². The van der Waals surface area contributed by atoms with Crippen molar-refractivity contribution in [1.29, 1.82) is 0 Å². The molecule has 2 unspecified atom stereocenters. The Morgan fingerprint density at radius 2 is 2.07 bits per heavy atom. The van der Waals surface area contributed by atoms with Crippen LogP contribution in [0.1, 0.15) is 37.7 Å². The van der Waals surface area contributed by atoms with E-state index in [1.807, 2.05) is 29.8 Å². The van der Waals surface area contributed by atoms with Gasteiger partial charge >= 0.3 is 0 Å². The Labute approximate surface area is 166 Å². The van der Waals surface area contributed by atoms with Crippen LogP contribution in [0.25, 0.3) is 16.3 Å². The zero-order valence-electron chi connectivity index (χ0n) is 15.4. The molecule has 1 aliphatic heterocycles. The highest BCUT2D eigenvalue weighted by Gasteiger charge is 2.55. The smallest absolute Gasteiger partial charge is 0.276 e. The summed E-state index contributed by atoms with van der Waals surface area (Å²) >= 11 is 1.59. The monoisotopic (exact) mass is 394 g/mol. The number of hydrogen-bond acceptors (Lipinski definition) is 6. The van der Waals surface area contributed by atoms with Crippen molar-refractivity contribution in [3.05, 3.63) is 35.0 Å². The molecule has 7 heteroatoms. The van der Waals surface area contributed by atoms with Crippen LogP contribution >= 0.6 is 11.3 Å². The maximum atomic E-state index is 12.4. The number of hydrogen-bond donors (Lipinski definition) is 3. The number of aliphatic hydroxyl groups is 1. The van der Waals surface area contributed by atoms with Gasteiger partial charge < -0.3 is 10.4 Å². The molecule has 0 saturated heterocycles. The number of aliphatic imine (C=N–C) groups is 1. The first-order chi connectivity index (χ1) is 13.5. The predicted octanol–water partition coefficient (Wildman–Crippen LogP) is 2.65. The number of aromatic nitrogens is 1. The second-order valence-corrected chi connectivity index (χ2v) is 9.77. The summed E-state index contributed by atoms with van der Waals surface area (Å²) < 4.78 is 1.10. The molecule has 0 spiro atoms. The Morgan fingerprint density at radius 1 is 1.25 bits per heavy atom. The van der Waals surface area contributed by atoms with E-state index in [9.17, 15) is 9.90 Å². The summed E-state index contributed by atoms with van der Waals surface area (Å²) in [5, 5.41) is 17.1. The average molecular weight is 395 g/mol. The highest BCUT2D eigenvalue weighted by Crippen LogP contribution is 2.55. The number of carbonyl (C=O) groups excluding carboxylic acids is 1. The minimum absolute atomic E-state index is 0.172. The largest absolute Gasteiger partial charge is 0.390 e. The average Bonchev–Trinajstić information content (AvgIpc) is 3.23. The van der Waals surface area contributed by atoms with Crippen molar-refractivity contribution in [3.63, 3.8) is 0 Å².